The van der Waals surface area contributed by atoms with Gasteiger partial charge in [0.2, 0.25) is 0 Å². The maximum absolute atomic E-state index is 6.01. The molecule has 5 heteroatoms. The van der Waals surface area contributed by atoms with E-state index in [1.54, 1.807) is 11.1 Å². The number of hydrogen-bond acceptors (Lipinski definition) is 3. The summed E-state index contributed by atoms with van der Waals surface area (Å²) in [5.41, 5.74) is 10.4. The summed E-state index contributed by atoms with van der Waals surface area (Å²) in [6.45, 7) is 3.95. The van der Waals surface area contributed by atoms with Crippen molar-refractivity contribution in [1.29, 1.82) is 0 Å². The van der Waals surface area contributed by atoms with Crippen molar-refractivity contribution in [1.82, 2.24) is 0 Å². The molecule has 3 nitrogen and oxygen atoms in total. The fraction of sp³-hybridized carbons (Fsp3) is 0.188. The van der Waals surface area contributed by atoms with Gasteiger partial charge in [0.15, 0.2) is 0 Å². The number of halogens is 2. The molecule has 0 heterocycles. The Morgan fingerprint density at radius 1 is 1.10 bits per heavy atom. The summed E-state index contributed by atoms with van der Waals surface area (Å²) in [4.78, 5) is 0. The first-order valence-electron chi connectivity index (χ1n) is 6.48. The number of rotatable bonds is 3. The predicted octanol–water partition coefficient (Wildman–Crippen LogP) is 4.74. The van der Waals surface area contributed by atoms with Crippen molar-refractivity contribution in [2.75, 3.05) is 17.8 Å². The number of anilines is 2. The van der Waals surface area contributed by atoms with E-state index in [-0.39, 0.29) is 0 Å². The minimum Gasteiger partial charge on any atom is -0.398 e. The second-order valence-corrected chi connectivity index (χ2v) is 5.80. The standard InChI is InChI=1S/C16H17Cl2N3/c1-10-4-5-16(19)15(6-10)11(2)20-21(3)14-8-12(17)7-13(18)9-14/h4-9H,19H2,1-3H3/b20-11+. The maximum Gasteiger partial charge on any atom is 0.0671 e. The number of nitrogens with zero attached hydrogens (tertiary/aromatic N) is 2. The van der Waals surface area contributed by atoms with Crippen molar-refractivity contribution in [3.8, 4) is 0 Å². The maximum atomic E-state index is 6.01. The van der Waals surface area contributed by atoms with Crippen LogP contribution in [0.3, 0.4) is 0 Å². The van der Waals surface area contributed by atoms with E-state index in [4.69, 9.17) is 28.9 Å². The van der Waals surface area contributed by atoms with Crippen LogP contribution in [0.15, 0.2) is 41.5 Å². The molecule has 2 aromatic carbocycles. The van der Waals surface area contributed by atoms with Crippen LogP contribution < -0.4 is 10.7 Å². The molecule has 0 atom stereocenters. The van der Waals surface area contributed by atoms with E-state index in [0.29, 0.717) is 15.7 Å². The Kier molecular flexibility index (Phi) is 4.76. The van der Waals surface area contributed by atoms with Gasteiger partial charge in [0, 0.05) is 28.3 Å². The SMILES string of the molecule is C/C(=N\N(C)c1cc(Cl)cc(Cl)c1)c1cc(C)ccc1N. The van der Waals surface area contributed by atoms with Crippen molar-refractivity contribution >= 4 is 40.3 Å². The quantitative estimate of drug-likeness (QED) is 0.503. The summed E-state index contributed by atoms with van der Waals surface area (Å²) in [5, 5.41) is 7.44. The molecule has 0 saturated carbocycles. The first kappa shape index (κ1) is 15.7. The Labute approximate surface area is 135 Å². The molecule has 0 aliphatic heterocycles. The second kappa shape index (κ2) is 6.37. The lowest BCUT2D eigenvalue weighted by Gasteiger charge is -2.16. The lowest BCUT2D eigenvalue weighted by Crippen LogP contribution is -2.13. The summed E-state index contributed by atoms with van der Waals surface area (Å²) in [7, 11) is 1.84. The molecular formula is C16H17Cl2N3. The molecule has 0 radical (unpaired) electrons. The molecule has 0 bridgehead atoms. The average molecular weight is 322 g/mol. The number of nitrogen functional groups attached to an aromatic ring is 1. The molecule has 0 aliphatic rings. The molecule has 0 saturated heterocycles. The van der Waals surface area contributed by atoms with Gasteiger partial charge in [-0.25, -0.2) is 0 Å². The van der Waals surface area contributed by atoms with Gasteiger partial charge in [0.05, 0.1) is 11.4 Å². The molecule has 21 heavy (non-hydrogen) atoms. The third kappa shape index (κ3) is 3.90. The second-order valence-electron chi connectivity index (χ2n) is 4.93. The Hall–Kier alpha value is -1.71. The third-order valence-electron chi connectivity index (χ3n) is 3.12. The van der Waals surface area contributed by atoms with E-state index in [9.17, 15) is 0 Å². The fourth-order valence-electron chi connectivity index (χ4n) is 2.05. The van der Waals surface area contributed by atoms with Gasteiger partial charge in [-0.1, -0.05) is 34.8 Å². The molecule has 0 spiro atoms. The van der Waals surface area contributed by atoms with Crippen molar-refractivity contribution in [3.05, 3.63) is 57.6 Å². The molecule has 2 rings (SSSR count). The Morgan fingerprint density at radius 3 is 2.33 bits per heavy atom. The van der Waals surface area contributed by atoms with Gasteiger partial charge in [-0.3, -0.25) is 5.01 Å². The monoisotopic (exact) mass is 321 g/mol. The fourth-order valence-corrected chi connectivity index (χ4v) is 2.56. The lowest BCUT2D eigenvalue weighted by molar-refractivity contribution is 1.01. The van der Waals surface area contributed by atoms with E-state index in [1.807, 2.05) is 51.2 Å². The van der Waals surface area contributed by atoms with E-state index in [2.05, 4.69) is 5.10 Å². The Morgan fingerprint density at radius 2 is 1.71 bits per heavy atom. The van der Waals surface area contributed by atoms with Crippen LogP contribution in [-0.2, 0) is 0 Å². The van der Waals surface area contributed by atoms with E-state index in [1.165, 1.54) is 0 Å². The summed E-state index contributed by atoms with van der Waals surface area (Å²) in [5.74, 6) is 0. The summed E-state index contributed by atoms with van der Waals surface area (Å²) < 4.78 is 0. The van der Waals surface area contributed by atoms with Crippen LogP contribution in [0.5, 0.6) is 0 Å². The van der Waals surface area contributed by atoms with E-state index < -0.39 is 0 Å². The Balaban J connectivity index is 2.35. The van der Waals surface area contributed by atoms with Gasteiger partial charge in [-0.15, -0.1) is 0 Å². The molecule has 110 valence electrons. The zero-order valence-electron chi connectivity index (χ0n) is 12.2. The van der Waals surface area contributed by atoms with Crippen molar-refractivity contribution < 1.29 is 0 Å². The van der Waals surface area contributed by atoms with Gasteiger partial charge >= 0.3 is 0 Å². The molecule has 2 aromatic rings. The topological polar surface area (TPSA) is 41.6 Å². The molecule has 2 N–H and O–H groups in total. The molecule has 0 unspecified atom stereocenters. The van der Waals surface area contributed by atoms with E-state index in [0.717, 1.165) is 22.5 Å². The molecule has 0 amide bonds. The van der Waals surface area contributed by atoms with Gasteiger partial charge in [0.1, 0.15) is 0 Å². The minimum absolute atomic E-state index is 0.576. The van der Waals surface area contributed by atoms with Crippen LogP contribution in [0.25, 0.3) is 0 Å². The lowest BCUT2D eigenvalue weighted by atomic mass is 10.1. The number of benzene rings is 2. The van der Waals surface area contributed by atoms with Gasteiger partial charge in [0.25, 0.3) is 0 Å². The Bertz CT molecular complexity index is 676. The number of hydrogen-bond donors (Lipinski definition) is 1. The smallest absolute Gasteiger partial charge is 0.0671 e. The van der Waals surface area contributed by atoms with Crippen molar-refractivity contribution in [2.45, 2.75) is 13.8 Å². The zero-order chi connectivity index (χ0) is 15.6. The van der Waals surface area contributed by atoms with Crippen LogP contribution in [0, 0.1) is 6.92 Å². The highest BCUT2D eigenvalue weighted by atomic mass is 35.5. The minimum atomic E-state index is 0.576. The van der Waals surface area contributed by atoms with Crippen LogP contribution in [0.1, 0.15) is 18.1 Å². The van der Waals surface area contributed by atoms with Crippen LogP contribution in [0.4, 0.5) is 11.4 Å². The third-order valence-corrected chi connectivity index (χ3v) is 3.56. The molecule has 0 aromatic heterocycles. The van der Waals surface area contributed by atoms with Crippen LogP contribution in [-0.4, -0.2) is 12.8 Å². The van der Waals surface area contributed by atoms with Crippen LogP contribution >= 0.6 is 23.2 Å². The average Bonchev–Trinajstić information content (AvgIpc) is 2.40. The molecule has 0 aliphatic carbocycles. The summed E-state index contributed by atoms with van der Waals surface area (Å²) in [6, 6.07) is 11.2. The highest BCUT2D eigenvalue weighted by Crippen LogP contribution is 2.25. The first-order chi connectivity index (χ1) is 9.86. The number of aryl methyl sites for hydroxylation is 1. The first-order valence-corrected chi connectivity index (χ1v) is 7.24. The molecular weight excluding hydrogens is 305 g/mol. The van der Waals surface area contributed by atoms with E-state index >= 15 is 0 Å². The normalized spacial score (nSPS) is 11.6. The largest absolute Gasteiger partial charge is 0.398 e. The molecule has 0 fully saturated rings. The van der Waals surface area contributed by atoms with Gasteiger partial charge < -0.3 is 5.73 Å². The highest BCUT2D eigenvalue weighted by Gasteiger charge is 2.07. The van der Waals surface area contributed by atoms with Gasteiger partial charge in [-0.2, -0.15) is 5.10 Å². The number of nitrogens with two attached hydrogens (primary N) is 1. The highest BCUT2D eigenvalue weighted by molar-refractivity contribution is 6.35. The van der Waals surface area contributed by atoms with Gasteiger partial charge in [-0.05, 0) is 44.2 Å². The summed E-state index contributed by atoms with van der Waals surface area (Å²) >= 11 is 12.0. The van der Waals surface area contributed by atoms with Crippen LogP contribution in [0.2, 0.25) is 10.0 Å². The number of hydrazone groups is 1. The van der Waals surface area contributed by atoms with Crippen molar-refractivity contribution in [2.24, 2.45) is 5.10 Å². The van der Waals surface area contributed by atoms with Crippen molar-refractivity contribution in [3.63, 3.8) is 0 Å². The predicted molar refractivity (Wildman–Crippen MR) is 92.7 cm³/mol. The zero-order valence-corrected chi connectivity index (χ0v) is 13.7. The summed E-state index contributed by atoms with van der Waals surface area (Å²) in [6.07, 6.45) is 0.